The third-order valence-corrected chi connectivity index (χ3v) is 6.26. The van der Waals surface area contributed by atoms with Crippen LogP contribution in [0.1, 0.15) is 41.6 Å². The summed E-state index contributed by atoms with van der Waals surface area (Å²) < 4.78 is 14.6. The van der Waals surface area contributed by atoms with Crippen LogP contribution in [-0.4, -0.2) is 53.0 Å². The zero-order valence-corrected chi connectivity index (χ0v) is 16.5. The Morgan fingerprint density at radius 2 is 2.22 bits per heavy atom. The Labute approximate surface area is 164 Å². The van der Waals surface area contributed by atoms with Crippen molar-refractivity contribution in [1.29, 1.82) is 0 Å². The minimum absolute atomic E-state index is 0.0443. The number of carbonyl (C=O) groups excluding carboxylic acids is 1. The van der Waals surface area contributed by atoms with Crippen molar-refractivity contribution in [3.05, 3.63) is 21.3 Å². The number of carboxylic acids is 1. The Hall–Kier alpha value is -2.00. The van der Waals surface area contributed by atoms with Crippen molar-refractivity contribution in [2.24, 2.45) is 4.99 Å². The van der Waals surface area contributed by atoms with Crippen LogP contribution in [0.4, 0.5) is 9.52 Å². The number of aromatic carboxylic acids is 1. The third kappa shape index (κ3) is 4.14. The van der Waals surface area contributed by atoms with Gasteiger partial charge in [0.05, 0.1) is 18.3 Å². The van der Waals surface area contributed by atoms with Crippen LogP contribution >= 0.6 is 22.9 Å². The average molecular weight is 415 g/mol. The average Bonchev–Trinajstić information content (AvgIpc) is 3.19. The van der Waals surface area contributed by atoms with E-state index in [1.165, 1.54) is 0 Å². The number of aliphatic imine (C=N–C) groups is 1. The molecular weight excluding hydrogens is 395 g/mol. The molecule has 2 atom stereocenters. The fourth-order valence-electron chi connectivity index (χ4n) is 3.12. The number of aromatic nitrogens is 1. The van der Waals surface area contributed by atoms with E-state index < -0.39 is 24.1 Å². The molecule has 1 aromatic rings. The van der Waals surface area contributed by atoms with Crippen LogP contribution in [0.5, 0.6) is 0 Å². The molecule has 1 saturated heterocycles. The number of piperidine rings is 1. The van der Waals surface area contributed by atoms with Crippen molar-refractivity contribution in [2.45, 2.75) is 45.3 Å². The van der Waals surface area contributed by atoms with Gasteiger partial charge in [-0.2, -0.15) is 0 Å². The summed E-state index contributed by atoms with van der Waals surface area (Å²) in [5, 5.41) is 12.7. The van der Waals surface area contributed by atoms with E-state index in [9.17, 15) is 14.0 Å². The van der Waals surface area contributed by atoms with Crippen molar-refractivity contribution < 1.29 is 19.1 Å². The Morgan fingerprint density at radius 1 is 1.48 bits per heavy atom. The molecule has 146 valence electrons. The number of aryl methyl sites for hydroxylation is 1. The molecule has 0 aliphatic carbocycles. The molecule has 27 heavy (non-hydrogen) atoms. The number of amides is 1. The van der Waals surface area contributed by atoms with Crippen LogP contribution < -0.4 is 10.2 Å². The molecular formula is C17H20ClFN4O3S. The molecule has 0 bridgehead atoms. The van der Waals surface area contributed by atoms with E-state index in [4.69, 9.17) is 16.7 Å². The molecule has 3 heterocycles. The monoisotopic (exact) mass is 414 g/mol. The van der Waals surface area contributed by atoms with Gasteiger partial charge >= 0.3 is 5.97 Å². The molecule has 0 aromatic carbocycles. The van der Waals surface area contributed by atoms with Gasteiger partial charge in [-0.05, 0) is 25.3 Å². The number of nitrogens with one attached hydrogen (secondary N) is 1. The van der Waals surface area contributed by atoms with Crippen LogP contribution in [0.15, 0.2) is 15.7 Å². The van der Waals surface area contributed by atoms with Crippen LogP contribution in [-0.2, 0) is 4.79 Å². The lowest BCUT2D eigenvalue weighted by Crippen LogP contribution is -2.53. The van der Waals surface area contributed by atoms with E-state index in [1.807, 2.05) is 6.92 Å². The summed E-state index contributed by atoms with van der Waals surface area (Å²) >= 11 is 7.03. The second-order valence-corrected chi connectivity index (χ2v) is 7.87. The van der Waals surface area contributed by atoms with Crippen molar-refractivity contribution in [3.8, 4) is 0 Å². The highest BCUT2D eigenvalue weighted by atomic mass is 35.5. The van der Waals surface area contributed by atoms with Crippen molar-refractivity contribution in [2.75, 3.05) is 18.0 Å². The molecule has 2 aliphatic rings. The SMILES string of the molecule is CCC1=C(Cl)N=C(C(=O)N[C@@H]2CCN(c3nc(C)c(C(=O)O)s3)C[C@H]2F)C1. The van der Waals surface area contributed by atoms with Gasteiger partial charge in [-0.1, -0.05) is 29.9 Å². The number of hydrogen-bond acceptors (Lipinski definition) is 6. The molecule has 1 amide bonds. The lowest BCUT2D eigenvalue weighted by atomic mass is 10.0. The first-order chi connectivity index (χ1) is 12.8. The number of thiazole rings is 1. The van der Waals surface area contributed by atoms with E-state index >= 15 is 0 Å². The smallest absolute Gasteiger partial charge is 0.347 e. The Kier molecular flexibility index (Phi) is 5.81. The summed E-state index contributed by atoms with van der Waals surface area (Å²) in [7, 11) is 0. The van der Waals surface area contributed by atoms with E-state index in [-0.39, 0.29) is 11.4 Å². The first-order valence-electron chi connectivity index (χ1n) is 8.65. The maximum atomic E-state index is 14.6. The van der Waals surface area contributed by atoms with E-state index in [0.29, 0.717) is 41.1 Å². The second-order valence-electron chi connectivity index (χ2n) is 6.53. The minimum atomic E-state index is -1.30. The highest BCUT2D eigenvalue weighted by molar-refractivity contribution is 7.17. The summed E-state index contributed by atoms with van der Waals surface area (Å²) in [5.41, 5.74) is 1.64. The number of halogens is 2. The number of hydrogen-bond donors (Lipinski definition) is 2. The van der Waals surface area contributed by atoms with Crippen molar-refractivity contribution >= 4 is 45.7 Å². The number of allylic oxidation sites excluding steroid dienone is 1. The molecule has 1 fully saturated rings. The zero-order chi connectivity index (χ0) is 19.7. The van der Waals surface area contributed by atoms with Gasteiger partial charge in [-0.3, -0.25) is 4.79 Å². The largest absolute Gasteiger partial charge is 0.477 e. The fraction of sp³-hybridized carbons (Fsp3) is 0.529. The lowest BCUT2D eigenvalue weighted by Gasteiger charge is -2.34. The summed E-state index contributed by atoms with van der Waals surface area (Å²) in [5.74, 6) is -1.43. The summed E-state index contributed by atoms with van der Waals surface area (Å²) in [6.07, 6.45) is 0.210. The van der Waals surface area contributed by atoms with E-state index in [2.05, 4.69) is 15.3 Å². The number of rotatable bonds is 5. The molecule has 2 N–H and O–H groups in total. The van der Waals surface area contributed by atoms with Crippen molar-refractivity contribution in [3.63, 3.8) is 0 Å². The Bertz CT molecular complexity index is 838. The van der Waals surface area contributed by atoms with Gasteiger partial charge in [-0.25, -0.2) is 19.2 Å². The molecule has 2 aliphatic heterocycles. The molecule has 0 saturated carbocycles. The molecule has 10 heteroatoms. The molecule has 0 unspecified atom stereocenters. The van der Waals surface area contributed by atoms with Crippen LogP contribution in [0, 0.1) is 6.92 Å². The van der Waals surface area contributed by atoms with Crippen LogP contribution in [0.3, 0.4) is 0 Å². The lowest BCUT2D eigenvalue weighted by molar-refractivity contribution is -0.116. The molecule has 0 spiro atoms. The summed E-state index contributed by atoms with van der Waals surface area (Å²) in [6.45, 7) is 4.08. The molecule has 7 nitrogen and oxygen atoms in total. The summed E-state index contributed by atoms with van der Waals surface area (Å²) in [4.78, 5) is 33.7. The van der Waals surface area contributed by atoms with Gasteiger partial charge in [0.2, 0.25) is 0 Å². The van der Waals surface area contributed by atoms with Crippen LogP contribution in [0.25, 0.3) is 0 Å². The van der Waals surface area contributed by atoms with Gasteiger partial charge in [0.15, 0.2) is 5.13 Å². The first-order valence-corrected chi connectivity index (χ1v) is 9.85. The highest BCUT2D eigenvalue weighted by Crippen LogP contribution is 2.29. The molecule has 3 rings (SSSR count). The molecule has 0 radical (unpaired) electrons. The maximum Gasteiger partial charge on any atom is 0.347 e. The predicted molar refractivity (Wildman–Crippen MR) is 103 cm³/mol. The van der Waals surface area contributed by atoms with Gasteiger partial charge in [0.25, 0.3) is 5.91 Å². The van der Waals surface area contributed by atoms with E-state index in [1.54, 1.807) is 11.8 Å². The van der Waals surface area contributed by atoms with Crippen LogP contribution in [0.2, 0.25) is 0 Å². The fourth-order valence-corrected chi connectivity index (χ4v) is 4.37. The normalized spacial score (nSPS) is 22.8. The quantitative estimate of drug-likeness (QED) is 0.722. The number of carbonyl (C=O) groups is 2. The highest BCUT2D eigenvalue weighted by Gasteiger charge is 2.33. The zero-order valence-electron chi connectivity index (χ0n) is 15.0. The third-order valence-electron chi connectivity index (χ3n) is 4.70. The van der Waals surface area contributed by atoms with Crippen molar-refractivity contribution in [1.82, 2.24) is 10.3 Å². The molecule has 1 aromatic heterocycles. The van der Waals surface area contributed by atoms with Gasteiger partial charge in [0, 0.05) is 13.0 Å². The number of alkyl halides is 1. The maximum absolute atomic E-state index is 14.6. The predicted octanol–water partition coefficient (Wildman–Crippen LogP) is 2.89. The number of nitrogens with zero attached hydrogens (tertiary/aromatic N) is 3. The van der Waals surface area contributed by atoms with Gasteiger partial charge in [0.1, 0.15) is 21.9 Å². The second kappa shape index (κ2) is 7.93. The van der Waals surface area contributed by atoms with E-state index in [0.717, 1.165) is 23.3 Å². The van der Waals surface area contributed by atoms with Gasteiger partial charge in [-0.15, -0.1) is 0 Å². The number of anilines is 1. The number of carboxylic acid groups (broad SMARTS) is 1. The van der Waals surface area contributed by atoms with Gasteiger partial charge < -0.3 is 15.3 Å². The standard InChI is InChI=1S/C17H20ClFN4O3S/c1-3-9-6-12(21-14(9)18)15(24)22-11-4-5-23(7-10(11)19)17-20-8(2)13(27-17)16(25)26/h10-11H,3-7H2,1-2H3,(H,22,24)(H,25,26)/t10-,11-/m1/s1. The Morgan fingerprint density at radius 3 is 2.78 bits per heavy atom. The first kappa shape index (κ1) is 19.8. The summed E-state index contributed by atoms with van der Waals surface area (Å²) in [6, 6.07) is -0.624. The minimum Gasteiger partial charge on any atom is -0.477 e. The Balaban J connectivity index is 1.59. The topological polar surface area (TPSA) is 94.9 Å².